The van der Waals surface area contributed by atoms with Gasteiger partial charge in [-0.05, 0) is 49.7 Å². The molecule has 31 heavy (non-hydrogen) atoms. The summed E-state index contributed by atoms with van der Waals surface area (Å²) in [6, 6.07) is 11.4. The van der Waals surface area contributed by atoms with Crippen LogP contribution in [-0.4, -0.2) is 41.8 Å². The monoisotopic (exact) mass is 446 g/mol. The zero-order valence-corrected chi connectivity index (χ0v) is 18.2. The predicted octanol–water partition coefficient (Wildman–Crippen LogP) is 2.98. The molecule has 0 aliphatic rings. The summed E-state index contributed by atoms with van der Waals surface area (Å²) in [6.07, 6.45) is 2.78. The van der Waals surface area contributed by atoms with Crippen molar-refractivity contribution >= 4 is 9.84 Å². The lowest BCUT2D eigenvalue weighted by atomic mass is 10.1. The fraction of sp³-hybridized carbons (Fsp3) is 0.273. The van der Waals surface area contributed by atoms with Crippen LogP contribution < -0.4 is 10.3 Å². The number of aromatic nitrogens is 2. The Morgan fingerprint density at radius 2 is 1.84 bits per heavy atom. The molecule has 0 spiro atoms. The summed E-state index contributed by atoms with van der Waals surface area (Å²) in [5, 5.41) is 14.1. The Morgan fingerprint density at radius 1 is 1.16 bits per heavy atom. The first kappa shape index (κ1) is 22.6. The van der Waals surface area contributed by atoms with Crippen LogP contribution in [0.15, 0.2) is 64.4 Å². The number of hydrogen-bond acceptors (Lipinski definition) is 6. The number of benzene rings is 2. The summed E-state index contributed by atoms with van der Waals surface area (Å²) in [4.78, 5) is 13.3. The quantitative estimate of drug-likeness (QED) is 0.599. The topological polar surface area (TPSA) is 98.5 Å². The van der Waals surface area contributed by atoms with Gasteiger partial charge in [-0.1, -0.05) is 18.2 Å². The highest BCUT2D eigenvalue weighted by Crippen LogP contribution is 2.28. The Hall–Kier alpha value is -3.04. The maximum absolute atomic E-state index is 13.6. The van der Waals surface area contributed by atoms with Gasteiger partial charge in [0, 0.05) is 18.2 Å². The largest absolute Gasteiger partial charge is 0.487 e. The minimum absolute atomic E-state index is 0.0318. The molecule has 2 aromatic carbocycles. The van der Waals surface area contributed by atoms with Gasteiger partial charge in [0.1, 0.15) is 5.82 Å². The van der Waals surface area contributed by atoms with Crippen molar-refractivity contribution in [1.82, 2.24) is 9.78 Å². The summed E-state index contributed by atoms with van der Waals surface area (Å²) in [7, 11) is -3.37. The maximum Gasteiger partial charge on any atom is 0.314 e. The molecule has 3 aromatic rings. The van der Waals surface area contributed by atoms with Crippen LogP contribution in [0.3, 0.4) is 0 Å². The van der Waals surface area contributed by atoms with Crippen molar-refractivity contribution in [3.05, 3.63) is 70.9 Å². The highest BCUT2D eigenvalue weighted by molar-refractivity contribution is 7.90. The lowest BCUT2D eigenvalue weighted by Gasteiger charge is -2.18. The van der Waals surface area contributed by atoms with Gasteiger partial charge < -0.3 is 9.84 Å². The van der Waals surface area contributed by atoms with Gasteiger partial charge in [0.05, 0.1) is 29.0 Å². The Labute approximate surface area is 179 Å². The SMILES string of the molecule is CC(C)(O)CCOc1c(-c2ccc(S(C)(=O)=O)cc2)cnn(-c2cccc(F)c2)c1=O. The standard InChI is InChI=1S/C22H23FN2O5S/c1-22(2,27)11-12-30-20-19(15-7-9-18(10-8-15)31(3,28)29)14-24-25(21(20)26)17-6-4-5-16(23)13-17/h4-10,13-14,27H,11-12H2,1-3H3. The molecule has 9 heteroatoms. The van der Waals surface area contributed by atoms with E-state index in [9.17, 15) is 22.7 Å². The Morgan fingerprint density at radius 3 is 2.42 bits per heavy atom. The maximum atomic E-state index is 13.6. The van der Waals surface area contributed by atoms with Crippen LogP contribution in [0.1, 0.15) is 20.3 Å². The van der Waals surface area contributed by atoms with Gasteiger partial charge in [-0.3, -0.25) is 4.79 Å². The molecule has 164 valence electrons. The van der Waals surface area contributed by atoms with E-state index in [1.165, 1.54) is 36.5 Å². The lowest BCUT2D eigenvalue weighted by molar-refractivity contribution is 0.0551. The minimum atomic E-state index is -3.37. The van der Waals surface area contributed by atoms with Crippen LogP contribution in [0.4, 0.5) is 4.39 Å². The summed E-state index contributed by atoms with van der Waals surface area (Å²) in [5.41, 5.74) is -0.483. The molecule has 0 saturated carbocycles. The first-order chi connectivity index (χ1) is 14.5. The van der Waals surface area contributed by atoms with Crippen LogP contribution >= 0.6 is 0 Å². The third-order valence-corrected chi connectivity index (χ3v) is 5.67. The molecule has 0 amide bonds. The van der Waals surface area contributed by atoms with Crippen molar-refractivity contribution in [1.29, 1.82) is 0 Å². The molecule has 0 saturated heterocycles. The summed E-state index contributed by atoms with van der Waals surface area (Å²) in [5.74, 6) is -0.549. The van der Waals surface area contributed by atoms with Crippen molar-refractivity contribution in [2.45, 2.75) is 30.8 Å². The van der Waals surface area contributed by atoms with Crippen molar-refractivity contribution in [2.24, 2.45) is 0 Å². The molecular formula is C22H23FN2O5S. The van der Waals surface area contributed by atoms with Crippen molar-refractivity contribution in [3.63, 3.8) is 0 Å². The van der Waals surface area contributed by atoms with E-state index in [2.05, 4.69) is 5.10 Å². The van der Waals surface area contributed by atoms with Crippen LogP contribution in [0.25, 0.3) is 16.8 Å². The second-order valence-corrected chi connectivity index (χ2v) is 9.81. The van der Waals surface area contributed by atoms with Gasteiger partial charge in [0.25, 0.3) is 0 Å². The fourth-order valence-corrected chi connectivity index (χ4v) is 3.49. The fourth-order valence-electron chi connectivity index (χ4n) is 2.86. The van der Waals surface area contributed by atoms with E-state index in [-0.39, 0.29) is 29.4 Å². The molecule has 0 aliphatic heterocycles. The van der Waals surface area contributed by atoms with Crippen LogP contribution in [0, 0.1) is 5.82 Å². The first-order valence-corrected chi connectivity index (χ1v) is 11.4. The number of rotatable bonds is 7. The molecule has 0 radical (unpaired) electrons. The zero-order valence-electron chi connectivity index (χ0n) is 17.4. The molecular weight excluding hydrogens is 423 g/mol. The number of hydrogen-bond donors (Lipinski definition) is 1. The first-order valence-electron chi connectivity index (χ1n) is 9.50. The van der Waals surface area contributed by atoms with Crippen LogP contribution in [0.2, 0.25) is 0 Å². The van der Waals surface area contributed by atoms with E-state index in [1.807, 2.05) is 0 Å². The highest BCUT2D eigenvalue weighted by atomic mass is 32.2. The molecule has 0 fully saturated rings. The molecule has 1 heterocycles. The van der Waals surface area contributed by atoms with Gasteiger partial charge in [-0.15, -0.1) is 0 Å². The van der Waals surface area contributed by atoms with Crippen LogP contribution in [0.5, 0.6) is 5.75 Å². The molecule has 0 aliphatic carbocycles. The molecule has 0 unspecified atom stereocenters. The minimum Gasteiger partial charge on any atom is -0.487 e. The third-order valence-electron chi connectivity index (χ3n) is 4.54. The van der Waals surface area contributed by atoms with E-state index >= 15 is 0 Å². The molecule has 7 nitrogen and oxygen atoms in total. The molecule has 1 aromatic heterocycles. The smallest absolute Gasteiger partial charge is 0.314 e. The van der Waals surface area contributed by atoms with Gasteiger partial charge in [-0.25, -0.2) is 12.8 Å². The molecule has 3 rings (SSSR count). The van der Waals surface area contributed by atoms with Crippen molar-refractivity contribution < 1.29 is 22.7 Å². The van der Waals surface area contributed by atoms with Gasteiger partial charge >= 0.3 is 5.56 Å². The Balaban J connectivity index is 2.09. The van der Waals surface area contributed by atoms with Gasteiger partial charge in [0.2, 0.25) is 0 Å². The van der Waals surface area contributed by atoms with E-state index in [0.717, 1.165) is 10.9 Å². The average molecular weight is 447 g/mol. The molecule has 1 N–H and O–H groups in total. The highest BCUT2D eigenvalue weighted by Gasteiger charge is 2.19. The summed E-state index contributed by atoms with van der Waals surface area (Å²) < 4.78 is 43.9. The number of sulfone groups is 1. The third kappa shape index (κ3) is 5.56. The summed E-state index contributed by atoms with van der Waals surface area (Å²) in [6.45, 7) is 3.30. The second-order valence-electron chi connectivity index (χ2n) is 7.79. The Kier molecular flexibility index (Phi) is 6.28. The number of ether oxygens (including phenoxy) is 1. The predicted molar refractivity (Wildman–Crippen MR) is 115 cm³/mol. The van der Waals surface area contributed by atoms with E-state index < -0.39 is 26.8 Å². The Bertz CT molecular complexity index is 1250. The lowest BCUT2D eigenvalue weighted by Crippen LogP contribution is -2.26. The van der Waals surface area contributed by atoms with E-state index in [4.69, 9.17) is 4.74 Å². The number of nitrogens with zero attached hydrogens (tertiary/aromatic N) is 2. The second kappa shape index (κ2) is 8.60. The van der Waals surface area contributed by atoms with E-state index in [1.54, 1.807) is 32.0 Å². The average Bonchev–Trinajstić information content (AvgIpc) is 2.67. The van der Waals surface area contributed by atoms with Crippen molar-refractivity contribution in [2.75, 3.05) is 12.9 Å². The zero-order chi connectivity index (χ0) is 22.8. The van der Waals surface area contributed by atoms with Gasteiger partial charge in [-0.2, -0.15) is 9.78 Å². The van der Waals surface area contributed by atoms with E-state index in [0.29, 0.717) is 11.1 Å². The normalized spacial score (nSPS) is 12.0. The van der Waals surface area contributed by atoms with Crippen molar-refractivity contribution in [3.8, 4) is 22.6 Å². The van der Waals surface area contributed by atoms with Gasteiger partial charge in [0.15, 0.2) is 15.6 Å². The number of halogens is 1. The molecule has 0 bridgehead atoms. The number of aliphatic hydroxyl groups is 1. The summed E-state index contributed by atoms with van der Waals surface area (Å²) >= 11 is 0. The molecule has 0 atom stereocenters. The van der Waals surface area contributed by atoms with Crippen LogP contribution in [-0.2, 0) is 9.84 Å².